The van der Waals surface area contributed by atoms with E-state index in [0.29, 0.717) is 5.92 Å². The van der Waals surface area contributed by atoms with Crippen LogP contribution in [0, 0.1) is 17.2 Å². The Bertz CT molecular complexity index is 470. The third kappa shape index (κ3) is 4.05. The zero-order valence-electron chi connectivity index (χ0n) is 13.0. The van der Waals surface area contributed by atoms with Crippen molar-refractivity contribution in [3.63, 3.8) is 0 Å². The lowest BCUT2D eigenvalue weighted by atomic mass is 9.71. The first-order chi connectivity index (χ1) is 9.97. The summed E-state index contributed by atoms with van der Waals surface area (Å²) in [6.45, 7) is 4.54. The molecule has 3 N–H and O–H groups in total. The van der Waals surface area contributed by atoms with Gasteiger partial charge in [-0.05, 0) is 60.8 Å². The van der Waals surface area contributed by atoms with Crippen molar-refractivity contribution >= 4 is 15.9 Å². The number of hydrazine groups is 1. The van der Waals surface area contributed by atoms with Crippen molar-refractivity contribution in [3.8, 4) is 0 Å². The monoisotopic (exact) mass is 356 g/mol. The van der Waals surface area contributed by atoms with Crippen LogP contribution in [0.25, 0.3) is 0 Å². The zero-order chi connectivity index (χ0) is 15.5. The summed E-state index contributed by atoms with van der Waals surface area (Å²) in [4.78, 5) is 0. The van der Waals surface area contributed by atoms with Crippen LogP contribution in [0.4, 0.5) is 4.39 Å². The van der Waals surface area contributed by atoms with Crippen molar-refractivity contribution in [2.75, 3.05) is 0 Å². The van der Waals surface area contributed by atoms with Crippen LogP contribution >= 0.6 is 15.9 Å². The van der Waals surface area contributed by atoms with Crippen LogP contribution in [-0.2, 0) is 6.42 Å². The Kier molecular flexibility index (Phi) is 5.81. The minimum Gasteiger partial charge on any atom is -0.271 e. The topological polar surface area (TPSA) is 38.0 Å². The fourth-order valence-electron chi connectivity index (χ4n) is 3.96. The summed E-state index contributed by atoms with van der Waals surface area (Å²) in [6.07, 6.45) is 6.92. The maximum absolute atomic E-state index is 13.5. The van der Waals surface area contributed by atoms with Gasteiger partial charge < -0.3 is 0 Å². The zero-order valence-corrected chi connectivity index (χ0v) is 14.5. The van der Waals surface area contributed by atoms with Crippen molar-refractivity contribution in [2.45, 2.75) is 58.4 Å². The molecule has 0 bridgehead atoms. The SMILES string of the molecule is CC(C)CC1(C(Cc2cc(F)ccc2Br)NN)CCCC1. The number of nitrogens with two attached hydrogens (primary N) is 1. The molecule has 2 rings (SSSR count). The average molecular weight is 357 g/mol. The first kappa shape index (κ1) is 16.9. The molecule has 1 aromatic carbocycles. The van der Waals surface area contributed by atoms with Crippen LogP contribution in [0.3, 0.4) is 0 Å². The van der Waals surface area contributed by atoms with E-state index in [4.69, 9.17) is 5.84 Å². The quantitative estimate of drug-likeness (QED) is 0.578. The molecule has 0 saturated heterocycles. The lowest BCUT2D eigenvalue weighted by molar-refractivity contribution is 0.154. The molecule has 1 unspecified atom stereocenters. The van der Waals surface area contributed by atoms with E-state index in [1.54, 1.807) is 12.1 Å². The molecule has 2 nitrogen and oxygen atoms in total. The first-order valence-corrected chi connectivity index (χ1v) is 8.66. The van der Waals surface area contributed by atoms with Gasteiger partial charge in [0.1, 0.15) is 5.82 Å². The molecule has 0 aliphatic heterocycles. The normalized spacial score (nSPS) is 19.1. The summed E-state index contributed by atoms with van der Waals surface area (Å²) < 4.78 is 14.5. The van der Waals surface area contributed by atoms with Gasteiger partial charge in [0.2, 0.25) is 0 Å². The van der Waals surface area contributed by atoms with E-state index in [0.717, 1.165) is 16.5 Å². The maximum atomic E-state index is 13.5. The largest absolute Gasteiger partial charge is 0.271 e. The fourth-order valence-corrected chi connectivity index (χ4v) is 4.37. The summed E-state index contributed by atoms with van der Waals surface area (Å²) in [5.74, 6) is 6.35. The Balaban J connectivity index is 2.22. The first-order valence-electron chi connectivity index (χ1n) is 7.87. The summed E-state index contributed by atoms with van der Waals surface area (Å²) in [5.41, 5.74) is 4.28. The number of hydrogen-bond acceptors (Lipinski definition) is 2. The number of rotatable bonds is 6. The minimum atomic E-state index is -0.187. The van der Waals surface area contributed by atoms with Crippen LogP contribution in [0.2, 0.25) is 0 Å². The molecule has 0 radical (unpaired) electrons. The van der Waals surface area contributed by atoms with E-state index in [1.807, 2.05) is 0 Å². The molecular weight excluding hydrogens is 331 g/mol. The van der Waals surface area contributed by atoms with Crippen molar-refractivity contribution in [1.29, 1.82) is 0 Å². The van der Waals surface area contributed by atoms with E-state index < -0.39 is 0 Å². The summed E-state index contributed by atoms with van der Waals surface area (Å²) in [5, 5.41) is 0. The van der Waals surface area contributed by atoms with Crippen molar-refractivity contribution in [1.82, 2.24) is 5.43 Å². The second kappa shape index (κ2) is 7.21. The number of nitrogens with one attached hydrogen (secondary N) is 1. The van der Waals surface area contributed by atoms with Crippen LogP contribution in [0.5, 0.6) is 0 Å². The summed E-state index contributed by atoms with van der Waals surface area (Å²) >= 11 is 3.53. The van der Waals surface area contributed by atoms with Gasteiger partial charge >= 0.3 is 0 Å². The van der Waals surface area contributed by atoms with Crippen molar-refractivity contribution in [3.05, 3.63) is 34.1 Å². The molecule has 1 fully saturated rings. The van der Waals surface area contributed by atoms with Crippen LogP contribution < -0.4 is 11.3 Å². The van der Waals surface area contributed by atoms with Crippen LogP contribution in [0.1, 0.15) is 51.5 Å². The lowest BCUT2D eigenvalue weighted by Gasteiger charge is -2.39. The smallest absolute Gasteiger partial charge is 0.123 e. The second-order valence-electron chi connectivity index (χ2n) is 6.83. The lowest BCUT2D eigenvalue weighted by Crippen LogP contribution is -2.49. The predicted octanol–water partition coefficient (Wildman–Crippen LogP) is 4.57. The van der Waals surface area contributed by atoms with E-state index >= 15 is 0 Å². The van der Waals surface area contributed by atoms with Gasteiger partial charge in [-0.1, -0.05) is 42.6 Å². The molecule has 1 aliphatic carbocycles. The van der Waals surface area contributed by atoms with Crippen molar-refractivity contribution in [2.24, 2.45) is 17.2 Å². The van der Waals surface area contributed by atoms with Gasteiger partial charge in [-0.25, -0.2) is 4.39 Å². The molecule has 1 atom stereocenters. The molecule has 0 amide bonds. The van der Waals surface area contributed by atoms with Gasteiger partial charge in [0.15, 0.2) is 0 Å². The molecule has 1 aromatic rings. The highest BCUT2D eigenvalue weighted by Gasteiger charge is 2.41. The van der Waals surface area contributed by atoms with Crippen LogP contribution in [0.15, 0.2) is 22.7 Å². The molecule has 118 valence electrons. The van der Waals surface area contributed by atoms with Crippen LogP contribution in [-0.4, -0.2) is 6.04 Å². The molecular formula is C17H26BrFN2. The van der Waals surface area contributed by atoms with Gasteiger partial charge in [-0.3, -0.25) is 11.3 Å². The standard InChI is InChI=1S/C17H26BrFN2/c1-12(2)11-17(7-3-4-8-17)16(21-20)10-13-9-14(19)5-6-15(13)18/h5-6,9,12,16,21H,3-4,7-8,10-11,20H2,1-2H3. The van der Waals surface area contributed by atoms with Gasteiger partial charge in [0.25, 0.3) is 0 Å². The molecule has 4 heteroatoms. The number of hydrogen-bond donors (Lipinski definition) is 2. The molecule has 21 heavy (non-hydrogen) atoms. The third-order valence-electron chi connectivity index (χ3n) is 4.79. The van der Waals surface area contributed by atoms with E-state index in [1.165, 1.54) is 38.2 Å². The van der Waals surface area contributed by atoms with Gasteiger partial charge in [-0.15, -0.1) is 0 Å². The van der Waals surface area contributed by atoms with E-state index in [-0.39, 0.29) is 17.3 Å². The highest BCUT2D eigenvalue weighted by atomic mass is 79.9. The Morgan fingerprint density at radius 3 is 2.57 bits per heavy atom. The Morgan fingerprint density at radius 1 is 1.33 bits per heavy atom. The fraction of sp³-hybridized carbons (Fsp3) is 0.647. The Hall–Kier alpha value is -0.450. The predicted molar refractivity (Wildman–Crippen MR) is 89.3 cm³/mol. The molecule has 1 saturated carbocycles. The minimum absolute atomic E-state index is 0.187. The second-order valence-corrected chi connectivity index (χ2v) is 7.68. The van der Waals surface area contributed by atoms with Gasteiger partial charge in [-0.2, -0.15) is 0 Å². The number of benzene rings is 1. The third-order valence-corrected chi connectivity index (χ3v) is 5.56. The molecule has 0 heterocycles. The Morgan fingerprint density at radius 2 is 2.00 bits per heavy atom. The van der Waals surface area contributed by atoms with Gasteiger partial charge in [0.05, 0.1) is 0 Å². The van der Waals surface area contributed by atoms with E-state index in [2.05, 4.69) is 35.2 Å². The molecule has 0 spiro atoms. The highest BCUT2D eigenvalue weighted by molar-refractivity contribution is 9.10. The summed E-state index contributed by atoms with van der Waals surface area (Å²) in [7, 11) is 0. The van der Waals surface area contributed by atoms with E-state index in [9.17, 15) is 4.39 Å². The number of halogens is 2. The Labute approximate surface area is 135 Å². The molecule has 1 aliphatic rings. The molecule has 0 aromatic heterocycles. The maximum Gasteiger partial charge on any atom is 0.123 e. The van der Waals surface area contributed by atoms with Gasteiger partial charge in [0, 0.05) is 10.5 Å². The summed E-state index contributed by atoms with van der Waals surface area (Å²) in [6, 6.07) is 5.08. The highest BCUT2D eigenvalue weighted by Crippen LogP contribution is 2.46. The average Bonchev–Trinajstić information content (AvgIpc) is 2.88. The van der Waals surface area contributed by atoms with Crippen molar-refractivity contribution < 1.29 is 4.39 Å².